The average Bonchev–Trinajstić information content (AvgIpc) is 3.30. The second kappa shape index (κ2) is 11.1. The first kappa shape index (κ1) is 25.2. The number of rotatable bonds is 9. The van der Waals surface area contributed by atoms with Crippen molar-refractivity contribution in [1.29, 1.82) is 0 Å². The third kappa shape index (κ3) is 6.32. The van der Waals surface area contributed by atoms with Gasteiger partial charge in [0.05, 0.1) is 18.2 Å². The summed E-state index contributed by atoms with van der Waals surface area (Å²) in [5.74, 6) is 0. The number of aliphatic hydroxyl groups excluding tert-OH is 2. The first-order valence-electron chi connectivity index (χ1n) is 8.90. The van der Waals surface area contributed by atoms with E-state index in [0.717, 1.165) is 0 Å². The Balaban J connectivity index is 1.66. The van der Waals surface area contributed by atoms with E-state index in [1.54, 1.807) is 0 Å². The van der Waals surface area contributed by atoms with Crippen LogP contribution >= 0.6 is 25.8 Å². The van der Waals surface area contributed by atoms with Crippen molar-refractivity contribution in [2.75, 3.05) is 19.7 Å². The van der Waals surface area contributed by atoms with E-state index < -0.39 is 68.1 Å². The minimum atomic E-state index is -2.91. The fraction of sp³-hybridized carbons (Fsp3) is 0.692. The van der Waals surface area contributed by atoms with Gasteiger partial charge in [-0.25, -0.2) is 13.4 Å². The highest BCUT2D eigenvalue weighted by Gasteiger charge is 2.45. The Hall–Kier alpha value is -0.470. The molecule has 18 heteroatoms. The molecule has 0 spiro atoms. The number of H-pyrrole nitrogens is 1. The molecule has 1 aromatic rings. The van der Waals surface area contributed by atoms with Crippen LogP contribution in [0.15, 0.2) is 15.8 Å². The minimum absolute atomic E-state index is 0.0606. The number of aromatic nitrogens is 2. The van der Waals surface area contributed by atoms with Crippen molar-refractivity contribution < 1.29 is 47.7 Å². The zero-order valence-electron chi connectivity index (χ0n) is 15.7. The highest BCUT2D eigenvalue weighted by Crippen LogP contribution is 2.55. The van der Waals surface area contributed by atoms with E-state index in [0.29, 0.717) is 19.5 Å². The first-order chi connectivity index (χ1) is 14.7. The Labute approximate surface area is 178 Å². The maximum absolute atomic E-state index is 12.3. The van der Waals surface area contributed by atoms with Gasteiger partial charge in [0, 0.05) is 12.7 Å². The monoisotopic (exact) mass is 505 g/mol. The number of nitrogens with zero attached hydrogens (tertiary/aromatic N) is 1. The highest BCUT2D eigenvalue weighted by molar-refractivity contribution is 7.60. The summed E-state index contributed by atoms with van der Waals surface area (Å²) in [5.41, 5.74) is -1.43. The van der Waals surface area contributed by atoms with E-state index in [1.165, 1.54) is 10.8 Å². The smallest absolute Gasteiger partial charge is 0.344 e. The molecule has 3 heterocycles. The molecule has 0 bridgehead atoms. The molecule has 2 fully saturated rings. The van der Waals surface area contributed by atoms with Gasteiger partial charge in [0.25, 0.3) is 5.56 Å². The second-order valence-electron chi connectivity index (χ2n) is 6.66. The summed E-state index contributed by atoms with van der Waals surface area (Å²) in [7, 11) is -8.46. The molecule has 7 atom stereocenters. The van der Waals surface area contributed by atoms with Gasteiger partial charge in [-0.3, -0.25) is 14.3 Å². The van der Waals surface area contributed by atoms with E-state index in [9.17, 15) is 29.6 Å². The third-order valence-electron chi connectivity index (χ3n) is 4.72. The van der Waals surface area contributed by atoms with Crippen LogP contribution in [0.3, 0.4) is 0 Å². The van der Waals surface area contributed by atoms with Gasteiger partial charge in [0.2, 0.25) is 0 Å². The predicted octanol–water partition coefficient (Wildman–Crippen LogP) is -2.07. The molecule has 0 amide bonds. The van der Waals surface area contributed by atoms with Crippen LogP contribution in [0.25, 0.3) is 0 Å². The summed E-state index contributed by atoms with van der Waals surface area (Å²) in [6, 6.07) is -0.185. The van der Waals surface area contributed by atoms with Gasteiger partial charge in [0.1, 0.15) is 24.4 Å². The SMILES string of the molecule is O=c1[nH]c(=O)n(C2CCNC2)cc1C1OC(COP(O)OP(O)OP(O)O)C(O)C1O. The quantitative estimate of drug-likeness (QED) is 0.169. The Kier molecular flexibility index (Phi) is 9.01. The van der Waals surface area contributed by atoms with Crippen molar-refractivity contribution in [2.24, 2.45) is 0 Å². The van der Waals surface area contributed by atoms with Gasteiger partial charge in [-0.15, -0.1) is 0 Å². The molecule has 1 aromatic heterocycles. The van der Waals surface area contributed by atoms with Gasteiger partial charge < -0.3 is 44.4 Å². The van der Waals surface area contributed by atoms with Crippen LogP contribution in [0.1, 0.15) is 24.1 Å². The topological polar surface area (TPSA) is 225 Å². The van der Waals surface area contributed by atoms with Crippen LogP contribution in [0.4, 0.5) is 0 Å². The third-order valence-corrected chi connectivity index (χ3v) is 7.35. The van der Waals surface area contributed by atoms with Gasteiger partial charge in [0.15, 0.2) is 0 Å². The van der Waals surface area contributed by atoms with Crippen molar-refractivity contribution in [2.45, 2.75) is 36.9 Å². The van der Waals surface area contributed by atoms with E-state index in [2.05, 4.69) is 18.9 Å². The summed E-state index contributed by atoms with van der Waals surface area (Å²) >= 11 is 0. The van der Waals surface area contributed by atoms with Crippen LogP contribution in [-0.2, 0) is 17.9 Å². The number of nitrogens with one attached hydrogen (secondary N) is 2. The van der Waals surface area contributed by atoms with E-state index in [4.69, 9.17) is 19.0 Å². The normalized spacial score (nSPS) is 30.7. The number of aliphatic hydroxyl groups is 2. The molecule has 7 unspecified atom stereocenters. The number of aromatic amines is 1. The minimum Gasteiger partial charge on any atom is -0.387 e. The fourth-order valence-corrected chi connectivity index (χ4v) is 5.12. The maximum atomic E-state index is 12.3. The maximum Gasteiger partial charge on any atom is 0.344 e. The molecular weight excluding hydrogens is 483 g/mol. The Morgan fingerprint density at radius 3 is 2.52 bits per heavy atom. The zero-order chi connectivity index (χ0) is 22.7. The zero-order valence-corrected chi connectivity index (χ0v) is 18.4. The van der Waals surface area contributed by atoms with Gasteiger partial charge in [-0.2, -0.15) is 0 Å². The molecule has 2 saturated heterocycles. The lowest BCUT2D eigenvalue weighted by atomic mass is 10.0. The van der Waals surface area contributed by atoms with Crippen LogP contribution in [0, 0.1) is 0 Å². The molecule has 8 N–H and O–H groups in total. The predicted molar refractivity (Wildman–Crippen MR) is 105 cm³/mol. The van der Waals surface area contributed by atoms with Crippen LogP contribution in [0.2, 0.25) is 0 Å². The molecule has 0 radical (unpaired) electrons. The number of hydrogen-bond donors (Lipinski definition) is 8. The van der Waals surface area contributed by atoms with Crippen molar-refractivity contribution in [3.8, 4) is 0 Å². The lowest BCUT2D eigenvalue weighted by molar-refractivity contribution is -0.0193. The average molecular weight is 505 g/mol. The fourth-order valence-electron chi connectivity index (χ4n) is 3.29. The van der Waals surface area contributed by atoms with Crippen molar-refractivity contribution in [3.63, 3.8) is 0 Å². The van der Waals surface area contributed by atoms with E-state index in [-0.39, 0.29) is 11.6 Å². The van der Waals surface area contributed by atoms with Crippen molar-refractivity contribution in [1.82, 2.24) is 14.9 Å². The Morgan fingerprint density at radius 2 is 1.87 bits per heavy atom. The molecule has 3 rings (SSSR count). The van der Waals surface area contributed by atoms with Crippen molar-refractivity contribution in [3.05, 3.63) is 32.6 Å². The van der Waals surface area contributed by atoms with Crippen LogP contribution in [-0.4, -0.2) is 77.3 Å². The molecule has 31 heavy (non-hydrogen) atoms. The molecular formula is C13H22N3O12P3. The van der Waals surface area contributed by atoms with Gasteiger partial charge in [-0.1, -0.05) is 0 Å². The number of ether oxygens (including phenoxy) is 1. The Morgan fingerprint density at radius 1 is 1.13 bits per heavy atom. The van der Waals surface area contributed by atoms with Crippen molar-refractivity contribution >= 4 is 25.8 Å². The van der Waals surface area contributed by atoms with E-state index in [1.807, 2.05) is 0 Å². The summed E-state index contributed by atoms with van der Waals surface area (Å²) in [6.45, 7) is 0.735. The van der Waals surface area contributed by atoms with Crippen LogP contribution in [0.5, 0.6) is 0 Å². The summed E-state index contributed by atoms with van der Waals surface area (Å²) in [4.78, 5) is 62.7. The van der Waals surface area contributed by atoms with E-state index >= 15 is 0 Å². The molecule has 176 valence electrons. The largest absolute Gasteiger partial charge is 0.387 e. The molecule has 2 aliphatic rings. The number of hydrogen-bond acceptors (Lipinski definition) is 13. The lowest BCUT2D eigenvalue weighted by Crippen LogP contribution is -2.37. The lowest BCUT2D eigenvalue weighted by Gasteiger charge is -2.18. The highest BCUT2D eigenvalue weighted by atomic mass is 31.3. The molecule has 15 nitrogen and oxygen atoms in total. The molecule has 0 aliphatic carbocycles. The van der Waals surface area contributed by atoms with Gasteiger partial charge >= 0.3 is 31.5 Å². The molecule has 0 aromatic carbocycles. The molecule has 0 saturated carbocycles. The molecule has 2 aliphatic heterocycles. The summed E-state index contributed by atoms with van der Waals surface area (Å²) in [6.07, 6.45) is -3.53. The summed E-state index contributed by atoms with van der Waals surface area (Å²) < 4.78 is 20.4. The Bertz CT molecular complexity index is 849. The second-order valence-corrected chi connectivity index (χ2v) is 9.68. The van der Waals surface area contributed by atoms with Gasteiger partial charge in [-0.05, 0) is 13.0 Å². The van der Waals surface area contributed by atoms with Crippen LogP contribution < -0.4 is 16.6 Å². The standard InChI is InChI=1S/C13H22N3O12P3/c17-9-8(5-25-30(23)28-31(24)27-29(21)22)26-11(10(9)18)7-4-16(6-1-2-14-3-6)13(20)15-12(7)19/h4,6,8-11,14,17-18,21-24H,1-3,5H2,(H,15,19,20). The summed E-state index contributed by atoms with van der Waals surface area (Å²) in [5, 5.41) is 23.7. The first-order valence-corrected chi connectivity index (χ1v) is 12.3.